The second-order valence-electron chi connectivity index (χ2n) is 10.3. The van der Waals surface area contributed by atoms with Gasteiger partial charge in [0.05, 0.1) is 7.11 Å². The lowest BCUT2D eigenvalue weighted by Crippen LogP contribution is -2.45. The maximum atomic E-state index is 13.9. The first-order chi connectivity index (χ1) is 17.7. The van der Waals surface area contributed by atoms with Crippen molar-refractivity contribution in [2.24, 2.45) is 5.41 Å². The molecule has 37 heavy (non-hydrogen) atoms. The van der Waals surface area contributed by atoms with E-state index in [-0.39, 0.29) is 22.8 Å². The number of amidine groups is 1. The molecule has 3 aromatic carbocycles. The summed E-state index contributed by atoms with van der Waals surface area (Å²) in [5.41, 5.74) is 3.65. The van der Waals surface area contributed by atoms with Gasteiger partial charge in [0.25, 0.3) is 0 Å². The number of aliphatic hydroxyl groups is 1. The van der Waals surface area contributed by atoms with Crippen LogP contribution in [-0.2, 0) is 4.79 Å². The van der Waals surface area contributed by atoms with E-state index < -0.39 is 5.92 Å². The van der Waals surface area contributed by atoms with Crippen LogP contribution in [0.2, 0.25) is 5.02 Å². The van der Waals surface area contributed by atoms with Crippen LogP contribution in [0.5, 0.6) is 5.75 Å². The number of nitrogens with zero attached hydrogens (tertiary/aromatic N) is 1. The summed E-state index contributed by atoms with van der Waals surface area (Å²) in [4.78, 5) is 15.7. The SMILES string of the molecule is COc1ccc([C@H]2C(=C(O)c3ccccc3)C(=N)N(c3ccc(Cl)cc3)C3=C2C(=O)CC(C)(C)C3)cc1. The summed E-state index contributed by atoms with van der Waals surface area (Å²) in [6.45, 7) is 4.15. The first-order valence-electron chi connectivity index (χ1n) is 12.2. The molecule has 0 radical (unpaired) electrons. The fourth-order valence-corrected chi connectivity index (χ4v) is 5.50. The number of carbonyl (C=O) groups excluding carboxylic acids is 1. The molecule has 6 heteroatoms. The number of allylic oxidation sites excluding steroid dienone is 2. The second-order valence-corrected chi connectivity index (χ2v) is 10.7. The third kappa shape index (κ3) is 4.56. The average molecular weight is 513 g/mol. The minimum Gasteiger partial charge on any atom is -0.507 e. The van der Waals surface area contributed by atoms with Crippen molar-refractivity contribution in [1.29, 1.82) is 5.41 Å². The number of carbonyl (C=O) groups is 1. The van der Waals surface area contributed by atoms with Crippen LogP contribution in [-0.4, -0.2) is 23.8 Å². The predicted molar refractivity (Wildman–Crippen MR) is 148 cm³/mol. The fraction of sp³-hybridized carbons (Fsp3) is 0.226. The zero-order valence-corrected chi connectivity index (χ0v) is 21.8. The Morgan fingerprint density at radius 3 is 2.27 bits per heavy atom. The number of halogens is 1. The molecule has 0 bridgehead atoms. The summed E-state index contributed by atoms with van der Waals surface area (Å²) in [7, 11) is 1.61. The van der Waals surface area contributed by atoms with Crippen LogP contribution in [0.1, 0.15) is 43.7 Å². The fourth-order valence-electron chi connectivity index (χ4n) is 5.37. The molecule has 3 aromatic rings. The van der Waals surface area contributed by atoms with Gasteiger partial charge in [-0.15, -0.1) is 0 Å². The van der Waals surface area contributed by atoms with Crippen molar-refractivity contribution < 1.29 is 14.6 Å². The van der Waals surface area contributed by atoms with E-state index in [4.69, 9.17) is 16.3 Å². The third-order valence-corrected chi connectivity index (χ3v) is 7.31. The van der Waals surface area contributed by atoms with E-state index in [0.29, 0.717) is 40.3 Å². The van der Waals surface area contributed by atoms with E-state index in [1.54, 1.807) is 24.1 Å². The van der Waals surface area contributed by atoms with Crippen LogP contribution in [0.3, 0.4) is 0 Å². The highest BCUT2D eigenvalue weighted by Gasteiger charge is 2.46. The molecule has 1 heterocycles. The Bertz CT molecular complexity index is 1420. The molecule has 1 atom stereocenters. The van der Waals surface area contributed by atoms with Crippen LogP contribution in [0.15, 0.2) is 95.7 Å². The first-order valence-corrected chi connectivity index (χ1v) is 12.6. The number of methoxy groups -OCH3 is 1. The van der Waals surface area contributed by atoms with Gasteiger partial charge in [0.15, 0.2) is 5.78 Å². The third-order valence-electron chi connectivity index (χ3n) is 7.06. The van der Waals surface area contributed by atoms with Crippen molar-refractivity contribution in [2.75, 3.05) is 12.0 Å². The first kappa shape index (κ1) is 24.8. The number of anilines is 1. The number of hydrogen-bond acceptors (Lipinski definition) is 4. The molecule has 1 aliphatic carbocycles. The molecule has 0 fully saturated rings. The van der Waals surface area contributed by atoms with Gasteiger partial charge in [0.1, 0.15) is 17.3 Å². The normalized spacial score (nSPS) is 20.5. The van der Waals surface area contributed by atoms with Crippen LogP contribution in [0.4, 0.5) is 5.69 Å². The second kappa shape index (κ2) is 9.56. The van der Waals surface area contributed by atoms with Crippen LogP contribution in [0.25, 0.3) is 5.76 Å². The standard InChI is InChI=1S/C31H29ClN2O3/c1-31(2)17-24-27(25(35)18-31)26(19-9-15-23(37-3)16-10-19)28(29(36)20-7-5-4-6-8-20)30(33)34(24)22-13-11-21(32)12-14-22/h4-16,26,33,36H,17-18H2,1-3H3/t26-/m1/s1. The summed E-state index contributed by atoms with van der Waals surface area (Å²) < 4.78 is 5.36. The van der Waals surface area contributed by atoms with Crippen molar-refractivity contribution in [3.8, 4) is 5.75 Å². The summed E-state index contributed by atoms with van der Waals surface area (Å²) in [5.74, 6) is 0.238. The molecule has 0 unspecified atom stereocenters. The smallest absolute Gasteiger partial charge is 0.162 e. The Labute approximate surface area is 222 Å². The number of aliphatic hydroxyl groups excluding tert-OH is 1. The largest absolute Gasteiger partial charge is 0.507 e. The maximum absolute atomic E-state index is 13.9. The number of ether oxygens (including phenoxy) is 1. The zero-order valence-electron chi connectivity index (χ0n) is 21.1. The van der Waals surface area contributed by atoms with Gasteiger partial charge in [-0.05, 0) is 53.8 Å². The van der Waals surface area contributed by atoms with Crippen LogP contribution in [0, 0.1) is 10.8 Å². The van der Waals surface area contributed by atoms with Crippen molar-refractivity contribution in [3.05, 3.63) is 112 Å². The highest BCUT2D eigenvalue weighted by molar-refractivity contribution is 6.30. The van der Waals surface area contributed by atoms with Gasteiger partial charge in [-0.1, -0.05) is 67.9 Å². The molecule has 2 N–H and O–H groups in total. The Morgan fingerprint density at radius 2 is 1.65 bits per heavy atom. The summed E-state index contributed by atoms with van der Waals surface area (Å²) in [6.07, 6.45) is 1.00. The van der Waals surface area contributed by atoms with E-state index in [1.807, 2.05) is 66.7 Å². The number of nitrogens with one attached hydrogen (secondary N) is 1. The minimum absolute atomic E-state index is 0.0189. The van der Waals surface area contributed by atoms with E-state index in [2.05, 4.69) is 13.8 Å². The van der Waals surface area contributed by atoms with Gasteiger partial charge in [0.2, 0.25) is 0 Å². The number of rotatable bonds is 4. The van der Waals surface area contributed by atoms with Gasteiger partial charge < -0.3 is 9.84 Å². The van der Waals surface area contributed by atoms with Crippen LogP contribution < -0.4 is 9.64 Å². The van der Waals surface area contributed by atoms with Crippen molar-refractivity contribution in [3.63, 3.8) is 0 Å². The van der Waals surface area contributed by atoms with Crippen molar-refractivity contribution >= 4 is 34.7 Å². The number of ketones is 1. The lowest BCUT2D eigenvalue weighted by atomic mass is 9.67. The van der Waals surface area contributed by atoms with Gasteiger partial charge in [-0.3, -0.25) is 15.1 Å². The van der Waals surface area contributed by atoms with Crippen LogP contribution >= 0.6 is 11.6 Å². The Kier molecular flexibility index (Phi) is 6.42. The van der Waals surface area contributed by atoms with Crippen molar-refractivity contribution in [1.82, 2.24) is 0 Å². The van der Waals surface area contributed by atoms with Gasteiger partial charge in [-0.25, -0.2) is 0 Å². The molecule has 0 spiro atoms. The predicted octanol–water partition coefficient (Wildman–Crippen LogP) is 7.54. The number of Topliss-reactive ketones (excluding diaryl/α,β-unsaturated/α-hetero) is 1. The summed E-state index contributed by atoms with van der Waals surface area (Å²) >= 11 is 6.18. The van der Waals surface area contributed by atoms with E-state index in [0.717, 1.165) is 16.9 Å². The summed E-state index contributed by atoms with van der Waals surface area (Å²) in [6, 6.07) is 23.9. The van der Waals surface area contributed by atoms with E-state index in [1.165, 1.54) is 0 Å². The summed E-state index contributed by atoms with van der Waals surface area (Å²) in [5, 5.41) is 21.7. The van der Waals surface area contributed by atoms with E-state index >= 15 is 0 Å². The molecule has 0 saturated carbocycles. The lowest BCUT2D eigenvalue weighted by Gasteiger charge is -2.45. The molecule has 1 aliphatic heterocycles. The molecule has 0 aromatic heterocycles. The molecular formula is C31H29ClN2O3. The number of benzene rings is 3. The Hall–Kier alpha value is -3.83. The monoisotopic (exact) mass is 512 g/mol. The van der Waals surface area contributed by atoms with Gasteiger partial charge in [0, 0.05) is 45.5 Å². The Balaban J connectivity index is 1.83. The molecule has 5 rings (SSSR count). The lowest BCUT2D eigenvalue weighted by molar-refractivity contribution is -0.118. The van der Waals surface area contributed by atoms with Gasteiger partial charge >= 0.3 is 0 Å². The average Bonchev–Trinajstić information content (AvgIpc) is 2.88. The minimum atomic E-state index is -0.597. The topological polar surface area (TPSA) is 73.6 Å². The van der Waals surface area contributed by atoms with Crippen molar-refractivity contribution in [2.45, 2.75) is 32.6 Å². The Morgan fingerprint density at radius 1 is 1.00 bits per heavy atom. The quantitative estimate of drug-likeness (QED) is 0.354. The molecular weight excluding hydrogens is 484 g/mol. The number of hydrogen-bond donors (Lipinski definition) is 2. The molecule has 0 saturated heterocycles. The molecule has 2 aliphatic rings. The zero-order chi connectivity index (χ0) is 26.3. The molecule has 188 valence electrons. The highest BCUT2D eigenvalue weighted by Crippen LogP contribution is 2.51. The van der Waals surface area contributed by atoms with E-state index in [9.17, 15) is 15.3 Å². The maximum Gasteiger partial charge on any atom is 0.162 e. The molecule has 0 amide bonds. The van der Waals surface area contributed by atoms with Gasteiger partial charge in [-0.2, -0.15) is 0 Å². The molecule has 5 nitrogen and oxygen atoms in total. The highest BCUT2D eigenvalue weighted by atomic mass is 35.5.